The summed E-state index contributed by atoms with van der Waals surface area (Å²) in [5, 5.41) is 0. The number of nitrogens with two attached hydrogens (primary N) is 1. The van der Waals surface area contributed by atoms with E-state index in [-0.39, 0.29) is 12.4 Å². The monoisotopic (exact) mass is 265 g/mol. The van der Waals surface area contributed by atoms with Crippen LogP contribution in [-0.2, 0) is 16.0 Å². The SMILES string of the molecule is CCOC(=O)CC(N)c1ccc(CC)cc1OCC. The molecule has 1 aromatic rings. The predicted molar refractivity (Wildman–Crippen MR) is 75.2 cm³/mol. The summed E-state index contributed by atoms with van der Waals surface area (Å²) in [6.45, 7) is 6.75. The number of hydrogen-bond acceptors (Lipinski definition) is 4. The lowest BCUT2D eigenvalue weighted by Crippen LogP contribution is -2.18. The zero-order valence-corrected chi connectivity index (χ0v) is 11.9. The lowest BCUT2D eigenvalue weighted by Gasteiger charge is -2.17. The molecule has 19 heavy (non-hydrogen) atoms. The van der Waals surface area contributed by atoms with E-state index < -0.39 is 6.04 Å². The predicted octanol–water partition coefficient (Wildman–Crippen LogP) is 2.60. The minimum atomic E-state index is -0.397. The quantitative estimate of drug-likeness (QED) is 0.770. The average molecular weight is 265 g/mol. The van der Waals surface area contributed by atoms with Crippen molar-refractivity contribution in [1.82, 2.24) is 0 Å². The standard InChI is InChI=1S/C15H23NO3/c1-4-11-7-8-12(14(9-11)18-5-2)13(16)10-15(17)19-6-3/h7-9,13H,4-6,10,16H2,1-3H3. The lowest BCUT2D eigenvalue weighted by molar-refractivity contribution is -0.143. The Hall–Kier alpha value is -1.55. The number of hydrogen-bond donors (Lipinski definition) is 1. The van der Waals surface area contributed by atoms with Gasteiger partial charge in [0.25, 0.3) is 0 Å². The first-order valence-corrected chi connectivity index (χ1v) is 6.79. The van der Waals surface area contributed by atoms with Gasteiger partial charge in [-0.1, -0.05) is 19.1 Å². The van der Waals surface area contributed by atoms with Gasteiger partial charge in [-0.2, -0.15) is 0 Å². The third kappa shape index (κ3) is 4.56. The van der Waals surface area contributed by atoms with Crippen LogP contribution < -0.4 is 10.5 Å². The molecule has 0 aliphatic rings. The second kappa shape index (κ2) is 7.79. The van der Waals surface area contributed by atoms with Crippen molar-refractivity contribution in [3.8, 4) is 5.75 Å². The normalized spacial score (nSPS) is 12.0. The largest absolute Gasteiger partial charge is 0.494 e. The van der Waals surface area contributed by atoms with E-state index in [0.717, 1.165) is 17.7 Å². The second-order valence-corrected chi connectivity index (χ2v) is 4.27. The Balaban J connectivity index is 2.88. The first-order chi connectivity index (χ1) is 9.12. The first kappa shape index (κ1) is 15.5. The van der Waals surface area contributed by atoms with Crippen molar-refractivity contribution < 1.29 is 14.3 Å². The van der Waals surface area contributed by atoms with Crippen LogP contribution in [-0.4, -0.2) is 19.2 Å². The van der Waals surface area contributed by atoms with E-state index in [2.05, 4.69) is 6.92 Å². The smallest absolute Gasteiger partial charge is 0.307 e. The van der Waals surface area contributed by atoms with Gasteiger partial charge in [0.2, 0.25) is 0 Å². The van der Waals surface area contributed by atoms with Gasteiger partial charge in [0.15, 0.2) is 0 Å². The van der Waals surface area contributed by atoms with Crippen molar-refractivity contribution in [2.75, 3.05) is 13.2 Å². The van der Waals surface area contributed by atoms with E-state index in [1.165, 1.54) is 5.56 Å². The summed E-state index contributed by atoms with van der Waals surface area (Å²) in [4.78, 5) is 11.5. The van der Waals surface area contributed by atoms with Gasteiger partial charge >= 0.3 is 5.97 Å². The van der Waals surface area contributed by atoms with Crippen LogP contribution in [0.2, 0.25) is 0 Å². The fourth-order valence-electron chi connectivity index (χ4n) is 1.89. The summed E-state index contributed by atoms with van der Waals surface area (Å²) in [6, 6.07) is 5.55. The molecule has 0 amide bonds. The van der Waals surface area contributed by atoms with Crippen LogP contribution in [0.1, 0.15) is 44.4 Å². The van der Waals surface area contributed by atoms with Gasteiger partial charge < -0.3 is 15.2 Å². The number of rotatable bonds is 7. The number of carbonyl (C=O) groups is 1. The molecular formula is C15H23NO3. The van der Waals surface area contributed by atoms with Gasteiger partial charge in [-0.15, -0.1) is 0 Å². The third-order valence-electron chi connectivity index (χ3n) is 2.88. The molecule has 4 heteroatoms. The van der Waals surface area contributed by atoms with Crippen LogP contribution >= 0.6 is 0 Å². The van der Waals surface area contributed by atoms with Crippen LogP contribution in [0, 0.1) is 0 Å². The van der Waals surface area contributed by atoms with Gasteiger partial charge in [0.05, 0.1) is 19.6 Å². The molecule has 106 valence electrons. The van der Waals surface area contributed by atoms with Crippen molar-refractivity contribution in [2.24, 2.45) is 5.73 Å². The zero-order chi connectivity index (χ0) is 14.3. The fraction of sp³-hybridized carbons (Fsp3) is 0.533. The van der Waals surface area contributed by atoms with Crippen molar-refractivity contribution >= 4 is 5.97 Å². The van der Waals surface area contributed by atoms with Crippen LogP contribution in [0.3, 0.4) is 0 Å². The number of aryl methyl sites for hydroxylation is 1. The molecule has 2 N–H and O–H groups in total. The van der Waals surface area contributed by atoms with E-state index in [0.29, 0.717) is 13.2 Å². The minimum absolute atomic E-state index is 0.166. The van der Waals surface area contributed by atoms with Gasteiger partial charge in [0.1, 0.15) is 5.75 Å². The Morgan fingerprint density at radius 1 is 1.26 bits per heavy atom. The van der Waals surface area contributed by atoms with E-state index >= 15 is 0 Å². The summed E-state index contributed by atoms with van der Waals surface area (Å²) in [5.41, 5.74) is 8.11. The summed E-state index contributed by atoms with van der Waals surface area (Å²) in [7, 11) is 0. The van der Waals surface area contributed by atoms with Gasteiger partial charge in [0, 0.05) is 11.6 Å². The molecule has 0 aliphatic heterocycles. The highest BCUT2D eigenvalue weighted by atomic mass is 16.5. The highest BCUT2D eigenvalue weighted by Gasteiger charge is 2.17. The van der Waals surface area contributed by atoms with Crippen LogP contribution in [0.4, 0.5) is 0 Å². The molecule has 1 unspecified atom stereocenters. The van der Waals surface area contributed by atoms with E-state index in [1.54, 1.807) is 6.92 Å². The Bertz CT molecular complexity index is 418. The Morgan fingerprint density at radius 2 is 2.00 bits per heavy atom. The summed E-state index contributed by atoms with van der Waals surface area (Å²) in [5.74, 6) is 0.482. The number of carbonyl (C=O) groups excluding carboxylic acids is 1. The van der Waals surface area contributed by atoms with E-state index in [1.807, 2.05) is 25.1 Å². The van der Waals surface area contributed by atoms with Crippen molar-refractivity contribution in [1.29, 1.82) is 0 Å². The lowest BCUT2D eigenvalue weighted by atomic mass is 10.0. The second-order valence-electron chi connectivity index (χ2n) is 4.27. The van der Waals surface area contributed by atoms with Crippen molar-refractivity contribution in [3.05, 3.63) is 29.3 Å². The van der Waals surface area contributed by atoms with Crippen LogP contribution in [0.5, 0.6) is 5.75 Å². The number of benzene rings is 1. The number of esters is 1. The Morgan fingerprint density at radius 3 is 2.58 bits per heavy atom. The maximum Gasteiger partial charge on any atom is 0.307 e. The van der Waals surface area contributed by atoms with E-state index in [9.17, 15) is 4.79 Å². The van der Waals surface area contributed by atoms with Crippen LogP contribution in [0.15, 0.2) is 18.2 Å². The molecular weight excluding hydrogens is 242 g/mol. The first-order valence-electron chi connectivity index (χ1n) is 6.79. The van der Waals surface area contributed by atoms with Gasteiger partial charge in [-0.25, -0.2) is 0 Å². The highest BCUT2D eigenvalue weighted by molar-refractivity contribution is 5.70. The Labute approximate surface area is 114 Å². The molecule has 4 nitrogen and oxygen atoms in total. The molecule has 0 aromatic heterocycles. The van der Waals surface area contributed by atoms with Gasteiger partial charge in [-0.3, -0.25) is 4.79 Å². The number of ether oxygens (including phenoxy) is 2. The molecule has 0 saturated carbocycles. The summed E-state index contributed by atoms with van der Waals surface area (Å²) >= 11 is 0. The third-order valence-corrected chi connectivity index (χ3v) is 2.88. The fourth-order valence-corrected chi connectivity index (χ4v) is 1.89. The summed E-state index contributed by atoms with van der Waals surface area (Å²) in [6.07, 6.45) is 1.10. The minimum Gasteiger partial charge on any atom is -0.494 e. The zero-order valence-electron chi connectivity index (χ0n) is 11.9. The van der Waals surface area contributed by atoms with Crippen molar-refractivity contribution in [3.63, 3.8) is 0 Å². The van der Waals surface area contributed by atoms with E-state index in [4.69, 9.17) is 15.2 Å². The molecule has 0 saturated heterocycles. The molecule has 0 aliphatic carbocycles. The summed E-state index contributed by atoms with van der Waals surface area (Å²) < 4.78 is 10.5. The molecule has 0 heterocycles. The molecule has 1 aromatic carbocycles. The van der Waals surface area contributed by atoms with Gasteiger partial charge in [-0.05, 0) is 31.9 Å². The molecule has 1 atom stereocenters. The van der Waals surface area contributed by atoms with Crippen LogP contribution in [0.25, 0.3) is 0 Å². The maximum atomic E-state index is 11.5. The highest BCUT2D eigenvalue weighted by Crippen LogP contribution is 2.27. The molecule has 0 spiro atoms. The maximum absolute atomic E-state index is 11.5. The Kier molecular flexibility index (Phi) is 6.36. The molecule has 0 fully saturated rings. The van der Waals surface area contributed by atoms with Crippen molar-refractivity contribution in [2.45, 2.75) is 39.7 Å². The average Bonchev–Trinajstić information content (AvgIpc) is 2.39. The molecule has 0 radical (unpaired) electrons. The topological polar surface area (TPSA) is 61.5 Å². The molecule has 0 bridgehead atoms. The molecule has 1 rings (SSSR count).